The van der Waals surface area contributed by atoms with Gasteiger partial charge in [-0.1, -0.05) is 47.5 Å². The Hall–Kier alpha value is -4.53. The first-order valence-electron chi connectivity index (χ1n) is 15.2. The molecule has 0 bridgehead atoms. The van der Waals surface area contributed by atoms with Crippen LogP contribution in [-0.4, -0.2) is 39.4 Å². The molecule has 244 valence electrons. The molecule has 0 fully saturated rings. The highest BCUT2D eigenvalue weighted by Gasteiger charge is 2.35. The minimum atomic E-state index is -1.00. The van der Waals surface area contributed by atoms with Gasteiger partial charge >= 0.3 is 0 Å². The Morgan fingerprint density at radius 3 is 2.00 bits per heavy atom. The molecule has 2 amide bonds. The smallest absolute Gasteiger partial charge is 0.259 e. The highest BCUT2D eigenvalue weighted by molar-refractivity contribution is 6.30. The second-order valence-corrected chi connectivity index (χ2v) is 14.3. The van der Waals surface area contributed by atoms with Gasteiger partial charge < -0.3 is 15.4 Å². The summed E-state index contributed by atoms with van der Waals surface area (Å²) in [6.45, 7) is 11.9. The van der Waals surface area contributed by atoms with E-state index in [2.05, 4.69) is 31.4 Å². The zero-order chi connectivity index (χ0) is 34.1. The molecule has 0 radical (unpaired) electrons. The molecule has 8 nitrogen and oxygen atoms in total. The van der Waals surface area contributed by atoms with Gasteiger partial charge in [0.1, 0.15) is 29.0 Å². The number of anilines is 2. The Morgan fingerprint density at radius 1 is 0.809 bits per heavy atom. The van der Waals surface area contributed by atoms with E-state index in [1.165, 1.54) is 4.90 Å². The molecular formula is C37H39Cl2N5O3. The second kappa shape index (κ2) is 13.3. The number of amides is 2. The molecule has 0 saturated carbocycles. The minimum absolute atomic E-state index is 0.258. The number of carbonyl (C=O) groups excluding carboxylic acids is 2. The maximum atomic E-state index is 14.6. The molecule has 10 heteroatoms. The van der Waals surface area contributed by atoms with E-state index in [1.807, 2.05) is 49.6 Å². The summed E-state index contributed by atoms with van der Waals surface area (Å²) in [6, 6.07) is 23.9. The van der Waals surface area contributed by atoms with Crippen molar-refractivity contribution in [1.82, 2.24) is 14.7 Å². The third-order valence-electron chi connectivity index (χ3n) is 7.24. The number of aromatic nitrogens is 2. The summed E-state index contributed by atoms with van der Waals surface area (Å²) < 4.78 is 7.30. The van der Waals surface area contributed by atoms with Crippen molar-refractivity contribution in [2.45, 2.75) is 58.7 Å². The fraction of sp³-hybridized carbons (Fsp3) is 0.270. The van der Waals surface area contributed by atoms with Crippen molar-refractivity contribution in [1.29, 1.82) is 0 Å². The summed E-state index contributed by atoms with van der Waals surface area (Å²) in [5, 5.41) is 7.73. The summed E-state index contributed by atoms with van der Waals surface area (Å²) in [5.74, 6) is 0.721. The molecule has 0 aliphatic rings. The number of rotatable bonds is 8. The summed E-state index contributed by atoms with van der Waals surface area (Å²) in [6.07, 6.45) is 1.83. The van der Waals surface area contributed by atoms with E-state index in [0.717, 1.165) is 22.7 Å². The summed E-state index contributed by atoms with van der Waals surface area (Å²) >= 11 is 12.6. The third-order valence-corrected chi connectivity index (χ3v) is 7.72. The number of pyridine rings is 1. The van der Waals surface area contributed by atoms with E-state index in [9.17, 15) is 9.59 Å². The van der Waals surface area contributed by atoms with Gasteiger partial charge in [-0.25, -0.2) is 4.98 Å². The normalized spacial score (nSPS) is 12.4. The summed E-state index contributed by atoms with van der Waals surface area (Å²) in [7, 11) is 1.58. The first kappa shape index (κ1) is 33.8. The lowest BCUT2D eigenvalue weighted by atomic mass is 9.99. The van der Waals surface area contributed by atoms with Crippen LogP contribution in [0.25, 0.3) is 16.9 Å². The summed E-state index contributed by atoms with van der Waals surface area (Å²) in [5.41, 5.74) is 2.99. The monoisotopic (exact) mass is 671 g/mol. The zero-order valence-electron chi connectivity index (χ0n) is 27.6. The number of carbonyl (C=O) groups is 2. The van der Waals surface area contributed by atoms with Crippen LogP contribution in [0.4, 0.5) is 11.5 Å². The molecule has 2 N–H and O–H groups in total. The topological polar surface area (TPSA) is 88.0 Å². The molecule has 3 aromatic carbocycles. The third kappa shape index (κ3) is 7.89. The molecule has 5 rings (SSSR count). The van der Waals surface area contributed by atoms with Crippen molar-refractivity contribution < 1.29 is 14.3 Å². The number of benzene rings is 3. The van der Waals surface area contributed by atoms with Crippen molar-refractivity contribution >= 4 is 52.2 Å². The molecule has 0 aliphatic heterocycles. The van der Waals surface area contributed by atoms with Crippen molar-refractivity contribution in [3.63, 3.8) is 0 Å². The van der Waals surface area contributed by atoms with Gasteiger partial charge in [-0.15, -0.1) is 0 Å². The number of fused-ring (bicyclic) bond motifs is 1. The van der Waals surface area contributed by atoms with Gasteiger partial charge in [0.2, 0.25) is 5.91 Å². The van der Waals surface area contributed by atoms with E-state index in [0.29, 0.717) is 32.6 Å². The van der Waals surface area contributed by atoms with Crippen molar-refractivity contribution in [2.75, 3.05) is 17.3 Å². The van der Waals surface area contributed by atoms with E-state index in [1.54, 1.807) is 73.8 Å². The number of imidazole rings is 1. The van der Waals surface area contributed by atoms with Crippen molar-refractivity contribution in [3.8, 4) is 17.0 Å². The average Bonchev–Trinajstić information content (AvgIpc) is 3.35. The first-order chi connectivity index (χ1) is 22.1. The highest BCUT2D eigenvalue weighted by atomic mass is 35.5. The average molecular weight is 673 g/mol. The van der Waals surface area contributed by atoms with Gasteiger partial charge in [0.25, 0.3) is 5.91 Å². The van der Waals surface area contributed by atoms with Crippen LogP contribution < -0.4 is 20.3 Å². The van der Waals surface area contributed by atoms with Crippen LogP contribution in [0.2, 0.25) is 10.0 Å². The van der Waals surface area contributed by atoms with E-state index in [4.69, 9.17) is 32.9 Å². The Kier molecular flexibility index (Phi) is 9.57. The molecule has 2 aromatic heterocycles. The zero-order valence-corrected chi connectivity index (χ0v) is 29.1. The lowest BCUT2D eigenvalue weighted by Crippen LogP contribution is -2.49. The van der Waals surface area contributed by atoms with Gasteiger partial charge in [0.05, 0.1) is 12.1 Å². The Bertz CT molecular complexity index is 1890. The predicted molar refractivity (Wildman–Crippen MR) is 191 cm³/mol. The Labute approximate surface area is 285 Å². The maximum absolute atomic E-state index is 14.6. The molecule has 2 heterocycles. The van der Waals surface area contributed by atoms with Gasteiger partial charge in [0, 0.05) is 39.1 Å². The molecule has 1 unspecified atom stereocenters. The minimum Gasteiger partial charge on any atom is -0.497 e. The van der Waals surface area contributed by atoms with Crippen LogP contribution in [0.1, 0.15) is 63.5 Å². The second-order valence-electron chi connectivity index (χ2n) is 13.4. The Balaban J connectivity index is 1.61. The van der Waals surface area contributed by atoms with Gasteiger partial charge in [-0.3, -0.25) is 18.9 Å². The number of hydrogen-bond donors (Lipinski definition) is 2. The van der Waals surface area contributed by atoms with Gasteiger partial charge in [0.15, 0.2) is 0 Å². The predicted octanol–water partition coefficient (Wildman–Crippen LogP) is 8.83. The number of hydrogen-bond acceptors (Lipinski definition) is 5. The van der Waals surface area contributed by atoms with Crippen molar-refractivity contribution in [2.24, 2.45) is 0 Å². The summed E-state index contributed by atoms with van der Waals surface area (Å²) in [4.78, 5) is 35.0. The van der Waals surface area contributed by atoms with Crippen LogP contribution in [0.3, 0.4) is 0 Å². The molecule has 47 heavy (non-hydrogen) atoms. The highest BCUT2D eigenvalue weighted by Crippen LogP contribution is 2.35. The fourth-order valence-electron chi connectivity index (χ4n) is 5.23. The van der Waals surface area contributed by atoms with E-state index in [-0.39, 0.29) is 17.4 Å². The first-order valence-corrected chi connectivity index (χ1v) is 16.0. The molecule has 0 aliphatic carbocycles. The quantitative estimate of drug-likeness (QED) is 0.172. The van der Waals surface area contributed by atoms with Crippen LogP contribution in [0.5, 0.6) is 5.75 Å². The standard InChI is InChI=1S/C37H39Cl2N5O3/c1-36(2,3)41-33-31(40-30-21-16-27(39)22-43(30)33)23-8-10-25(11-9-23)35(46)44(28-17-19-29(47-7)20-18-28)32(34(45)42-37(4,5)6)24-12-14-26(38)15-13-24/h8-22,32,41H,1-7H3,(H,42,45). The van der Waals surface area contributed by atoms with Gasteiger partial charge in [-0.2, -0.15) is 0 Å². The maximum Gasteiger partial charge on any atom is 0.259 e. The number of nitrogens with zero attached hydrogens (tertiary/aromatic N) is 3. The lowest BCUT2D eigenvalue weighted by molar-refractivity contribution is -0.123. The SMILES string of the molecule is COc1ccc(N(C(=O)c2ccc(-c3nc4ccc(Cl)cn4c3NC(C)(C)C)cc2)C(C(=O)NC(C)(C)C)c2ccc(Cl)cc2)cc1. The molecular weight excluding hydrogens is 633 g/mol. The molecule has 0 saturated heterocycles. The lowest BCUT2D eigenvalue weighted by Gasteiger charge is -2.34. The molecule has 5 aromatic rings. The van der Waals surface area contributed by atoms with Crippen LogP contribution in [0.15, 0.2) is 91.1 Å². The van der Waals surface area contributed by atoms with Crippen LogP contribution in [-0.2, 0) is 4.79 Å². The van der Waals surface area contributed by atoms with E-state index < -0.39 is 11.6 Å². The molecule has 0 spiro atoms. The number of halogens is 2. The Morgan fingerprint density at radius 2 is 1.43 bits per heavy atom. The molecule has 1 atom stereocenters. The fourth-order valence-corrected chi connectivity index (χ4v) is 5.52. The number of nitrogens with one attached hydrogen (secondary N) is 2. The van der Waals surface area contributed by atoms with Crippen LogP contribution >= 0.6 is 23.2 Å². The number of ether oxygens (including phenoxy) is 1. The van der Waals surface area contributed by atoms with Crippen LogP contribution in [0, 0.1) is 0 Å². The van der Waals surface area contributed by atoms with Gasteiger partial charge in [-0.05, 0) is 108 Å². The van der Waals surface area contributed by atoms with E-state index >= 15 is 0 Å². The largest absolute Gasteiger partial charge is 0.497 e. The van der Waals surface area contributed by atoms with Crippen molar-refractivity contribution in [3.05, 3.63) is 112 Å². The number of methoxy groups -OCH3 is 1.